The SMILES string of the molecule is CCC(CC1CC1)Nc1cc(C)ccn1. The Hall–Kier alpha value is -1.05. The van der Waals surface area contributed by atoms with Crippen molar-refractivity contribution in [2.75, 3.05) is 5.32 Å². The number of nitrogens with zero attached hydrogens (tertiary/aromatic N) is 1. The van der Waals surface area contributed by atoms with Crippen molar-refractivity contribution in [3.05, 3.63) is 23.9 Å². The van der Waals surface area contributed by atoms with Crippen LogP contribution in [0.15, 0.2) is 18.3 Å². The van der Waals surface area contributed by atoms with E-state index < -0.39 is 0 Å². The molecule has 1 unspecified atom stereocenters. The highest BCUT2D eigenvalue weighted by molar-refractivity contribution is 5.37. The molecule has 0 bridgehead atoms. The molecule has 0 spiro atoms. The average molecular weight is 204 g/mol. The lowest BCUT2D eigenvalue weighted by Crippen LogP contribution is -2.19. The number of pyridine rings is 1. The maximum Gasteiger partial charge on any atom is 0.126 e. The molecule has 1 heterocycles. The van der Waals surface area contributed by atoms with E-state index in [1.54, 1.807) is 0 Å². The van der Waals surface area contributed by atoms with Gasteiger partial charge in [-0.25, -0.2) is 4.98 Å². The third kappa shape index (κ3) is 3.22. The predicted molar refractivity (Wildman–Crippen MR) is 64.0 cm³/mol. The summed E-state index contributed by atoms with van der Waals surface area (Å²) in [6.45, 7) is 4.35. The number of rotatable bonds is 5. The summed E-state index contributed by atoms with van der Waals surface area (Å²) in [5.74, 6) is 2.01. The molecule has 15 heavy (non-hydrogen) atoms. The van der Waals surface area contributed by atoms with Crippen LogP contribution in [0.3, 0.4) is 0 Å². The second-order valence-corrected chi connectivity index (χ2v) is 4.65. The minimum atomic E-state index is 0.604. The van der Waals surface area contributed by atoms with Crippen molar-refractivity contribution in [2.24, 2.45) is 5.92 Å². The highest BCUT2D eigenvalue weighted by Crippen LogP contribution is 2.34. The third-order valence-corrected chi connectivity index (χ3v) is 3.08. The van der Waals surface area contributed by atoms with Gasteiger partial charge in [0.15, 0.2) is 0 Å². The zero-order valence-electron chi connectivity index (χ0n) is 9.66. The van der Waals surface area contributed by atoms with Gasteiger partial charge in [0.25, 0.3) is 0 Å². The van der Waals surface area contributed by atoms with E-state index >= 15 is 0 Å². The molecule has 2 nitrogen and oxygen atoms in total. The van der Waals surface area contributed by atoms with E-state index in [0.29, 0.717) is 6.04 Å². The van der Waals surface area contributed by atoms with Crippen LogP contribution in [-0.4, -0.2) is 11.0 Å². The zero-order chi connectivity index (χ0) is 10.7. The Labute approximate surface area is 92.1 Å². The molecule has 0 aromatic carbocycles. The minimum Gasteiger partial charge on any atom is -0.367 e. The lowest BCUT2D eigenvalue weighted by molar-refractivity contribution is 0.585. The summed E-state index contributed by atoms with van der Waals surface area (Å²) in [5.41, 5.74) is 1.27. The number of anilines is 1. The molecule has 1 N–H and O–H groups in total. The fourth-order valence-corrected chi connectivity index (χ4v) is 1.91. The number of nitrogens with one attached hydrogen (secondary N) is 1. The summed E-state index contributed by atoms with van der Waals surface area (Å²) >= 11 is 0. The normalized spacial score (nSPS) is 17.5. The van der Waals surface area contributed by atoms with Gasteiger partial charge in [-0.1, -0.05) is 19.8 Å². The van der Waals surface area contributed by atoms with Crippen LogP contribution in [0.2, 0.25) is 0 Å². The summed E-state index contributed by atoms with van der Waals surface area (Å²) in [6, 6.07) is 4.76. The van der Waals surface area contributed by atoms with Crippen molar-refractivity contribution in [1.82, 2.24) is 4.98 Å². The molecule has 0 aliphatic heterocycles. The van der Waals surface area contributed by atoms with Gasteiger partial charge in [0.2, 0.25) is 0 Å². The van der Waals surface area contributed by atoms with Crippen LogP contribution in [0.25, 0.3) is 0 Å². The Bertz CT molecular complexity index is 318. The van der Waals surface area contributed by atoms with E-state index in [0.717, 1.165) is 11.7 Å². The first-order chi connectivity index (χ1) is 7.28. The Morgan fingerprint density at radius 2 is 2.33 bits per heavy atom. The summed E-state index contributed by atoms with van der Waals surface area (Å²) < 4.78 is 0. The molecule has 0 saturated heterocycles. The predicted octanol–water partition coefficient (Wildman–Crippen LogP) is 3.38. The van der Waals surface area contributed by atoms with Crippen molar-refractivity contribution in [2.45, 2.75) is 45.6 Å². The zero-order valence-corrected chi connectivity index (χ0v) is 9.66. The van der Waals surface area contributed by atoms with Gasteiger partial charge in [0.05, 0.1) is 0 Å². The van der Waals surface area contributed by atoms with E-state index in [2.05, 4.69) is 30.2 Å². The summed E-state index contributed by atoms with van der Waals surface area (Å²) in [7, 11) is 0. The van der Waals surface area contributed by atoms with Gasteiger partial charge in [-0.3, -0.25) is 0 Å². The second-order valence-electron chi connectivity index (χ2n) is 4.65. The topological polar surface area (TPSA) is 24.9 Å². The number of hydrogen-bond acceptors (Lipinski definition) is 2. The Balaban J connectivity index is 1.92. The lowest BCUT2D eigenvalue weighted by Gasteiger charge is -2.17. The lowest BCUT2D eigenvalue weighted by atomic mass is 10.1. The van der Waals surface area contributed by atoms with Gasteiger partial charge >= 0.3 is 0 Å². The maximum atomic E-state index is 4.34. The van der Waals surface area contributed by atoms with Gasteiger partial charge in [-0.2, -0.15) is 0 Å². The minimum absolute atomic E-state index is 0.604. The quantitative estimate of drug-likeness (QED) is 0.795. The van der Waals surface area contributed by atoms with Gasteiger partial charge in [-0.15, -0.1) is 0 Å². The standard InChI is InChI=1S/C13H20N2/c1-3-12(9-11-4-5-11)15-13-8-10(2)6-7-14-13/h6-8,11-12H,3-5,9H2,1-2H3,(H,14,15). The molecule has 0 amide bonds. The molecule has 82 valence electrons. The van der Waals surface area contributed by atoms with E-state index in [4.69, 9.17) is 0 Å². The van der Waals surface area contributed by atoms with Crippen molar-refractivity contribution < 1.29 is 0 Å². The first-order valence-electron chi connectivity index (χ1n) is 5.97. The molecule has 1 aliphatic carbocycles. The van der Waals surface area contributed by atoms with Gasteiger partial charge in [0.1, 0.15) is 5.82 Å². The van der Waals surface area contributed by atoms with Crippen LogP contribution in [-0.2, 0) is 0 Å². The van der Waals surface area contributed by atoms with Crippen molar-refractivity contribution in [3.8, 4) is 0 Å². The van der Waals surface area contributed by atoms with Gasteiger partial charge < -0.3 is 5.32 Å². The average Bonchev–Trinajstić information content (AvgIpc) is 3.01. The van der Waals surface area contributed by atoms with Crippen molar-refractivity contribution in [3.63, 3.8) is 0 Å². The highest BCUT2D eigenvalue weighted by Gasteiger charge is 2.24. The van der Waals surface area contributed by atoms with Crippen LogP contribution in [0.5, 0.6) is 0 Å². The Morgan fingerprint density at radius 3 is 2.93 bits per heavy atom. The first kappa shape index (κ1) is 10.5. The molecular formula is C13H20N2. The van der Waals surface area contributed by atoms with Gasteiger partial charge in [0, 0.05) is 12.2 Å². The summed E-state index contributed by atoms with van der Waals surface area (Å²) in [6.07, 6.45) is 7.23. The van der Waals surface area contributed by atoms with Crippen molar-refractivity contribution in [1.29, 1.82) is 0 Å². The molecule has 1 aromatic heterocycles. The van der Waals surface area contributed by atoms with Crippen LogP contribution in [0.1, 0.15) is 38.2 Å². The summed E-state index contributed by atoms with van der Waals surface area (Å²) in [4.78, 5) is 4.34. The number of aryl methyl sites for hydroxylation is 1. The number of aromatic nitrogens is 1. The van der Waals surface area contributed by atoms with Crippen LogP contribution < -0.4 is 5.32 Å². The highest BCUT2D eigenvalue weighted by atomic mass is 15.0. The molecule has 1 saturated carbocycles. The number of hydrogen-bond donors (Lipinski definition) is 1. The van der Waals surface area contributed by atoms with Crippen LogP contribution in [0, 0.1) is 12.8 Å². The third-order valence-electron chi connectivity index (χ3n) is 3.08. The summed E-state index contributed by atoms with van der Waals surface area (Å²) in [5, 5.41) is 3.53. The van der Waals surface area contributed by atoms with E-state index in [9.17, 15) is 0 Å². The van der Waals surface area contributed by atoms with Crippen LogP contribution in [0.4, 0.5) is 5.82 Å². The maximum absolute atomic E-state index is 4.34. The molecule has 2 rings (SSSR count). The molecule has 1 aliphatic rings. The molecular weight excluding hydrogens is 184 g/mol. The second kappa shape index (κ2) is 4.65. The monoisotopic (exact) mass is 204 g/mol. The Morgan fingerprint density at radius 1 is 1.53 bits per heavy atom. The molecule has 0 radical (unpaired) electrons. The fourth-order valence-electron chi connectivity index (χ4n) is 1.91. The molecule has 2 heteroatoms. The first-order valence-corrected chi connectivity index (χ1v) is 5.97. The molecule has 1 aromatic rings. The molecule has 1 atom stereocenters. The van der Waals surface area contributed by atoms with Crippen LogP contribution >= 0.6 is 0 Å². The van der Waals surface area contributed by atoms with E-state index in [-0.39, 0.29) is 0 Å². The smallest absolute Gasteiger partial charge is 0.126 e. The largest absolute Gasteiger partial charge is 0.367 e. The Kier molecular flexibility index (Phi) is 3.24. The van der Waals surface area contributed by atoms with E-state index in [1.165, 1.54) is 31.2 Å². The molecule has 1 fully saturated rings. The van der Waals surface area contributed by atoms with Gasteiger partial charge in [-0.05, 0) is 43.4 Å². The fraction of sp³-hybridized carbons (Fsp3) is 0.615. The van der Waals surface area contributed by atoms with Crippen molar-refractivity contribution >= 4 is 5.82 Å². The van der Waals surface area contributed by atoms with E-state index in [1.807, 2.05) is 12.3 Å².